The Hall–Kier alpha value is -3.35. The van der Waals surface area contributed by atoms with Crippen LogP contribution in [0.15, 0.2) is 52.6 Å². The summed E-state index contributed by atoms with van der Waals surface area (Å²) in [6.07, 6.45) is 1.47. The van der Waals surface area contributed by atoms with E-state index in [0.29, 0.717) is 28.3 Å². The molecule has 1 aliphatic heterocycles. The van der Waals surface area contributed by atoms with Crippen molar-refractivity contribution in [3.05, 3.63) is 59.4 Å². The van der Waals surface area contributed by atoms with E-state index in [0.717, 1.165) is 0 Å². The van der Waals surface area contributed by atoms with Gasteiger partial charge in [0.2, 0.25) is 5.91 Å². The Kier molecular flexibility index (Phi) is 3.08. The number of benzene rings is 1. The predicted molar refractivity (Wildman–Crippen MR) is 89.1 cm³/mol. The van der Waals surface area contributed by atoms with Crippen molar-refractivity contribution in [3.63, 3.8) is 0 Å². The highest BCUT2D eigenvalue weighted by molar-refractivity contribution is 6.14. The number of amides is 1. The van der Waals surface area contributed by atoms with E-state index in [1.807, 2.05) is 6.07 Å². The zero-order valence-corrected chi connectivity index (χ0v) is 13.5. The van der Waals surface area contributed by atoms with E-state index in [1.165, 1.54) is 6.08 Å². The number of nitrogens with two attached hydrogens (primary N) is 1. The first-order valence-corrected chi connectivity index (χ1v) is 7.69. The molecule has 4 rings (SSSR count). The number of allylic oxidation sites excluding steroid dienone is 1. The molecule has 3 N–H and O–H groups in total. The van der Waals surface area contributed by atoms with E-state index in [-0.39, 0.29) is 24.1 Å². The molecule has 0 bridgehead atoms. The molecule has 1 aliphatic carbocycles. The van der Waals surface area contributed by atoms with E-state index >= 15 is 0 Å². The van der Waals surface area contributed by atoms with Crippen molar-refractivity contribution in [2.75, 3.05) is 12.3 Å². The van der Waals surface area contributed by atoms with Crippen LogP contribution in [0.1, 0.15) is 18.2 Å². The van der Waals surface area contributed by atoms with Crippen LogP contribution in [0.25, 0.3) is 11.3 Å². The van der Waals surface area contributed by atoms with Crippen LogP contribution in [0.5, 0.6) is 0 Å². The Morgan fingerprint density at radius 2 is 2.24 bits per heavy atom. The molecule has 7 heteroatoms. The largest absolute Gasteiger partial charge is 0.458 e. The molecular weight excluding hydrogens is 322 g/mol. The van der Waals surface area contributed by atoms with Crippen LogP contribution in [0.3, 0.4) is 0 Å². The third-order valence-corrected chi connectivity index (χ3v) is 4.50. The van der Waals surface area contributed by atoms with Gasteiger partial charge in [0.05, 0.1) is 5.57 Å². The third-order valence-electron chi connectivity index (χ3n) is 4.50. The number of hydrogen-bond donors (Lipinski definition) is 2. The van der Waals surface area contributed by atoms with Gasteiger partial charge < -0.3 is 20.2 Å². The van der Waals surface area contributed by atoms with Gasteiger partial charge in [-0.1, -0.05) is 36.9 Å². The lowest BCUT2D eigenvalue weighted by molar-refractivity contribution is -0.139. The quantitative estimate of drug-likeness (QED) is 0.651. The molecule has 25 heavy (non-hydrogen) atoms. The minimum atomic E-state index is -1.42. The van der Waals surface area contributed by atoms with Gasteiger partial charge in [-0.3, -0.25) is 4.79 Å². The second-order valence-corrected chi connectivity index (χ2v) is 5.87. The highest BCUT2D eigenvalue weighted by Gasteiger charge is 2.61. The summed E-state index contributed by atoms with van der Waals surface area (Å²) in [6, 6.07) is 7.14. The molecule has 0 radical (unpaired) electrons. The summed E-state index contributed by atoms with van der Waals surface area (Å²) in [4.78, 5) is 30.0. The standard InChI is InChI=1S/C18H15N3O4/c1-3-8-24-15(22)12-9(2)20-16(23)18(12)11-7-5-4-6-10(11)13-14(18)21-17(19)25-13/h3-7H,1,8H2,2H3,(H2,19,21)(H,20,23). The van der Waals surface area contributed by atoms with Crippen LogP contribution in [0, 0.1) is 0 Å². The molecule has 2 heterocycles. The van der Waals surface area contributed by atoms with Crippen LogP contribution in [-0.4, -0.2) is 23.5 Å². The molecule has 0 saturated heterocycles. The van der Waals surface area contributed by atoms with Gasteiger partial charge in [-0.15, -0.1) is 0 Å². The lowest BCUT2D eigenvalue weighted by atomic mass is 9.75. The number of nitrogens with zero attached hydrogens (tertiary/aromatic N) is 1. The third kappa shape index (κ3) is 1.77. The molecule has 2 aliphatic rings. The Labute approximate surface area is 143 Å². The summed E-state index contributed by atoms with van der Waals surface area (Å²) in [6.45, 7) is 5.23. The number of oxazole rings is 1. The van der Waals surface area contributed by atoms with E-state index in [4.69, 9.17) is 14.9 Å². The second kappa shape index (κ2) is 5.07. The average Bonchev–Trinajstić information content (AvgIpc) is 3.17. The molecule has 1 unspecified atom stereocenters. The molecule has 7 nitrogen and oxygen atoms in total. The average molecular weight is 337 g/mol. The van der Waals surface area contributed by atoms with E-state index < -0.39 is 11.4 Å². The zero-order valence-electron chi connectivity index (χ0n) is 13.5. The number of fused-ring (bicyclic) bond motifs is 5. The Bertz CT molecular complexity index is 972. The Balaban J connectivity index is 2.02. The van der Waals surface area contributed by atoms with Gasteiger partial charge in [-0.2, -0.15) is 4.98 Å². The second-order valence-electron chi connectivity index (χ2n) is 5.87. The summed E-state index contributed by atoms with van der Waals surface area (Å²) < 4.78 is 10.7. The number of esters is 1. The van der Waals surface area contributed by atoms with Gasteiger partial charge in [-0.25, -0.2) is 4.79 Å². The summed E-state index contributed by atoms with van der Waals surface area (Å²) >= 11 is 0. The molecule has 1 atom stereocenters. The van der Waals surface area contributed by atoms with Crippen LogP contribution in [0.4, 0.5) is 6.01 Å². The van der Waals surface area contributed by atoms with Gasteiger partial charge in [-0.05, 0) is 12.5 Å². The first-order valence-electron chi connectivity index (χ1n) is 7.69. The lowest BCUT2D eigenvalue weighted by Crippen LogP contribution is -2.40. The van der Waals surface area contributed by atoms with Gasteiger partial charge in [0.1, 0.15) is 12.3 Å². The number of carbonyl (C=O) groups excluding carboxylic acids is 2. The van der Waals surface area contributed by atoms with Crippen molar-refractivity contribution in [2.24, 2.45) is 0 Å². The number of rotatable bonds is 3. The fourth-order valence-corrected chi connectivity index (χ4v) is 3.63. The van der Waals surface area contributed by atoms with Gasteiger partial charge >= 0.3 is 5.97 Å². The maximum absolute atomic E-state index is 13.0. The van der Waals surface area contributed by atoms with Crippen LogP contribution in [0.2, 0.25) is 0 Å². The van der Waals surface area contributed by atoms with Crippen LogP contribution >= 0.6 is 0 Å². The number of ether oxygens (including phenoxy) is 1. The smallest absolute Gasteiger partial charge is 0.337 e. The fourth-order valence-electron chi connectivity index (χ4n) is 3.63. The molecule has 2 aromatic rings. The predicted octanol–water partition coefficient (Wildman–Crippen LogP) is 1.66. The summed E-state index contributed by atoms with van der Waals surface area (Å²) in [7, 11) is 0. The molecule has 1 spiro atoms. The Morgan fingerprint density at radius 3 is 3.00 bits per heavy atom. The lowest BCUT2D eigenvalue weighted by Gasteiger charge is -2.24. The molecule has 0 saturated carbocycles. The maximum Gasteiger partial charge on any atom is 0.337 e. The van der Waals surface area contributed by atoms with E-state index in [1.54, 1.807) is 25.1 Å². The minimum Gasteiger partial charge on any atom is -0.458 e. The molecular formula is C18H15N3O4. The van der Waals surface area contributed by atoms with Crippen LogP contribution in [-0.2, 0) is 19.7 Å². The topological polar surface area (TPSA) is 107 Å². The highest BCUT2D eigenvalue weighted by atomic mass is 16.5. The summed E-state index contributed by atoms with van der Waals surface area (Å²) in [5, 5.41) is 2.74. The normalized spacial score (nSPS) is 20.4. The first kappa shape index (κ1) is 15.2. The monoisotopic (exact) mass is 337 g/mol. The van der Waals surface area contributed by atoms with Crippen molar-refractivity contribution in [2.45, 2.75) is 12.3 Å². The van der Waals surface area contributed by atoms with Crippen molar-refractivity contribution in [1.29, 1.82) is 0 Å². The molecule has 0 fully saturated rings. The maximum atomic E-state index is 13.0. The van der Waals surface area contributed by atoms with Gasteiger partial charge in [0.15, 0.2) is 11.2 Å². The summed E-state index contributed by atoms with van der Waals surface area (Å²) in [5.41, 5.74) is 6.53. The fraction of sp³-hybridized carbons (Fsp3) is 0.167. The number of anilines is 1. The summed E-state index contributed by atoms with van der Waals surface area (Å²) in [5.74, 6) is -0.595. The Morgan fingerprint density at radius 1 is 1.48 bits per heavy atom. The van der Waals surface area contributed by atoms with Crippen molar-refractivity contribution >= 4 is 17.9 Å². The number of hydrogen-bond acceptors (Lipinski definition) is 6. The van der Waals surface area contributed by atoms with E-state index in [2.05, 4.69) is 16.9 Å². The molecule has 1 aromatic heterocycles. The first-order chi connectivity index (χ1) is 12.0. The zero-order chi connectivity index (χ0) is 17.8. The molecule has 1 amide bonds. The SMILES string of the molecule is C=CCOC(=O)C1=C(C)NC(=O)C12c1ccccc1-c1oc(N)nc12. The number of nitrogen functional groups attached to an aromatic ring is 1. The van der Waals surface area contributed by atoms with Crippen molar-refractivity contribution in [1.82, 2.24) is 10.3 Å². The molecule has 126 valence electrons. The van der Waals surface area contributed by atoms with Crippen LogP contribution < -0.4 is 11.1 Å². The van der Waals surface area contributed by atoms with Crippen molar-refractivity contribution in [3.8, 4) is 11.3 Å². The number of aromatic nitrogens is 1. The van der Waals surface area contributed by atoms with Gasteiger partial charge in [0.25, 0.3) is 6.01 Å². The van der Waals surface area contributed by atoms with Crippen molar-refractivity contribution < 1.29 is 18.7 Å². The van der Waals surface area contributed by atoms with Gasteiger partial charge in [0, 0.05) is 11.3 Å². The van der Waals surface area contributed by atoms with E-state index in [9.17, 15) is 9.59 Å². The number of nitrogens with one attached hydrogen (secondary N) is 1. The highest BCUT2D eigenvalue weighted by Crippen LogP contribution is 2.55. The molecule has 1 aromatic carbocycles. The minimum absolute atomic E-state index is 0.0370. The number of carbonyl (C=O) groups is 2.